The van der Waals surface area contributed by atoms with Crippen molar-refractivity contribution in [3.8, 4) is 0 Å². The Hall–Kier alpha value is -1.86. The molecule has 0 atom stereocenters. The smallest absolute Gasteiger partial charge is 0.204 e. The Morgan fingerprint density at radius 1 is 1.06 bits per heavy atom. The van der Waals surface area contributed by atoms with Crippen molar-refractivity contribution in [2.24, 2.45) is 0 Å². The molecule has 1 rings (SSSR count). The Labute approximate surface area is 117 Å². The zero-order valence-corrected chi connectivity index (χ0v) is 11.3. The van der Waals surface area contributed by atoms with Crippen LogP contribution in [-0.2, 0) is 0 Å². The second-order valence-electron chi connectivity index (χ2n) is 3.19. The summed E-state index contributed by atoms with van der Waals surface area (Å²) >= 11 is 10.0. The monoisotopic (exact) mass is 281 g/mol. The number of anilines is 1. The van der Waals surface area contributed by atoms with Crippen LogP contribution in [0.5, 0.6) is 0 Å². The van der Waals surface area contributed by atoms with Gasteiger partial charge in [0.1, 0.15) is 0 Å². The predicted octanol–water partition coefficient (Wildman–Crippen LogP) is 1.04. The average molecular weight is 281 g/mol. The largest absolute Gasteiger partial charge is 0.358 e. The Kier molecular flexibility index (Phi) is 6.52. The van der Waals surface area contributed by atoms with Gasteiger partial charge in [0.2, 0.25) is 5.11 Å². The molecule has 5 nitrogen and oxygen atoms in total. The first kappa shape index (κ1) is 14.2. The predicted molar refractivity (Wildman–Crippen MR) is 82.9 cm³/mol. The minimum Gasteiger partial charge on any atom is -0.358 e. The van der Waals surface area contributed by atoms with Crippen molar-refractivity contribution < 1.29 is 0 Å². The quantitative estimate of drug-likeness (QED) is 0.321. The highest BCUT2D eigenvalue weighted by Gasteiger charge is 1.96. The minimum absolute atomic E-state index is 0.376. The molecule has 0 aliphatic rings. The van der Waals surface area contributed by atoms with E-state index in [0.717, 1.165) is 5.69 Å². The van der Waals surface area contributed by atoms with Crippen LogP contribution in [-0.4, -0.2) is 16.8 Å². The summed E-state index contributed by atoms with van der Waals surface area (Å²) < 4.78 is 0. The van der Waals surface area contributed by atoms with Gasteiger partial charge in [-0.3, -0.25) is 21.7 Å². The molecule has 0 aliphatic carbocycles. The molecule has 18 heavy (non-hydrogen) atoms. The third-order valence-electron chi connectivity index (χ3n) is 1.79. The Morgan fingerprint density at radius 2 is 1.72 bits per heavy atom. The third-order valence-corrected chi connectivity index (χ3v) is 2.24. The van der Waals surface area contributed by atoms with Crippen molar-refractivity contribution in [3.05, 3.63) is 43.0 Å². The number of hydrazine groups is 2. The molecule has 0 radical (unpaired) electrons. The molecule has 0 amide bonds. The van der Waals surface area contributed by atoms with E-state index in [1.807, 2.05) is 30.3 Å². The van der Waals surface area contributed by atoms with Gasteiger partial charge in [0.15, 0.2) is 5.11 Å². The highest BCUT2D eigenvalue weighted by Crippen LogP contribution is 2.01. The van der Waals surface area contributed by atoms with Gasteiger partial charge in [-0.2, -0.15) is 0 Å². The number of thiocarbonyl (C=S) groups is 2. The molecule has 5 N–H and O–H groups in total. The molecule has 96 valence electrons. The Balaban J connectivity index is 2.18. The maximum atomic E-state index is 5.03. The highest BCUT2D eigenvalue weighted by atomic mass is 32.1. The molecule has 0 aromatic heterocycles. The van der Waals surface area contributed by atoms with Gasteiger partial charge in [-0.15, -0.1) is 6.58 Å². The first-order chi connectivity index (χ1) is 8.72. The molecular formula is C11H15N5S2. The van der Waals surface area contributed by atoms with E-state index >= 15 is 0 Å². The summed E-state index contributed by atoms with van der Waals surface area (Å²) in [4.78, 5) is 0. The number of nitrogens with one attached hydrogen (secondary N) is 5. The van der Waals surface area contributed by atoms with E-state index in [-0.39, 0.29) is 0 Å². The maximum absolute atomic E-state index is 5.03. The van der Waals surface area contributed by atoms with Crippen molar-refractivity contribution in [3.63, 3.8) is 0 Å². The standard InChI is InChI=1S/C11H15N5S2/c1-2-8-12-10(17)14-16-11(18)15-13-9-6-4-3-5-7-9/h2-7,13H,1,8H2,(H2,12,14,17)(H2,15,16,18). The number of benzene rings is 1. The van der Waals surface area contributed by atoms with Crippen LogP contribution in [0.25, 0.3) is 0 Å². The third kappa shape index (κ3) is 6.02. The topological polar surface area (TPSA) is 60.1 Å². The summed E-state index contributed by atoms with van der Waals surface area (Å²) in [6.07, 6.45) is 1.71. The zero-order valence-electron chi connectivity index (χ0n) is 9.69. The van der Waals surface area contributed by atoms with E-state index in [9.17, 15) is 0 Å². The van der Waals surface area contributed by atoms with E-state index in [0.29, 0.717) is 16.8 Å². The van der Waals surface area contributed by atoms with Crippen LogP contribution in [0.3, 0.4) is 0 Å². The van der Waals surface area contributed by atoms with E-state index < -0.39 is 0 Å². The number of hydrogen-bond acceptors (Lipinski definition) is 3. The van der Waals surface area contributed by atoms with E-state index in [1.165, 1.54) is 0 Å². The van der Waals surface area contributed by atoms with Gasteiger partial charge in [0, 0.05) is 6.54 Å². The lowest BCUT2D eigenvalue weighted by Crippen LogP contribution is -2.51. The molecule has 0 unspecified atom stereocenters. The first-order valence-corrected chi connectivity index (χ1v) is 6.06. The minimum atomic E-state index is 0.376. The molecule has 0 aliphatic heterocycles. The van der Waals surface area contributed by atoms with Crippen molar-refractivity contribution in [2.45, 2.75) is 0 Å². The molecule has 0 saturated carbocycles. The van der Waals surface area contributed by atoms with E-state index in [2.05, 4.69) is 33.6 Å². The fraction of sp³-hybridized carbons (Fsp3) is 0.0909. The van der Waals surface area contributed by atoms with Crippen LogP contribution in [0, 0.1) is 0 Å². The number of rotatable bonds is 4. The SMILES string of the molecule is C=CCNC(=S)NNC(=S)NNc1ccccc1. The van der Waals surface area contributed by atoms with Crippen LogP contribution >= 0.6 is 24.4 Å². The average Bonchev–Trinajstić information content (AvgIpc) is 2.41. The normalized spacial score (nSPS) is 8.89. The van der Waals surface area contributed by atoms with Crippen LogP contribution in [0.2, 0.25) is 0 Å². The second-order valence-corrected chi connectivity index (χ2v) is 4.01. The van der Waals surface area contributed by atoms with Gasteiger partial charge in [-0.05, 0) is 36.6 Å². The molecule has 0 bridgehead atoms. The molecule has 1 aromatic rings. The molecule has 7 heteroatoms. The Bertz CT molecular complexity index is 407. The lowest BCUT2D eigenvalue weighted by atomic mass is 10.3. The van der Waals surface area contributed by atoms with Crippen LogP contribution in [0.15, 0.2) is 43.0 Å². The van der Waals surface area contributed by atoms with Crippen molar-refractivity contribution in [2.75, 3.05) is 12.0 Å². The zero-order chi connectivity index (χ0) is 13.2. The second kappa shape index (κ2) is 8.26. The van der Waals surface area contributed by atoms with Crippen molar-refractivity contribution in [1.29, 1.82) is 0 Å². The van der Waals surface area contributed by atoms with Gasteiger partial charge in [0.25, 0.3) is 0 Å². The van der Waals surface area contributed by atoms with Crippen LogP contribution in [0.4, 0.5) is 5.69 Å². The summed E-state index contributed by atoms with van der Waals surface area (Å²) in [5, 5.41) is 3.71. The molecule has 1 aromatic carbocycles. The Morgan fingerprint density at radius 3 is 2.39 bits per heavy atom. The lowest BCUT2D eigenvalue weighted by Gasteiger charge is -2.14. The van der Waals surface area contributed by atoms with E-state index in [1.54, 1.807) is 6.08 Å². The lowest BCUT2D eigenvalue weighted by molar-refractivity contribution is 0.815. The van der Waals surface area contributed by atoms with Gasteiger partial charge < -0.3 is 5.32 Å². The summed E-state index contributed by atoms with van der Waals surface area (Å²) in [5.74, 6) is 0. The van der Waals surface area contributed by atoms with Crippen LogP contribution in [0.1, 0.15) is 0 Å². The fourth-order valence-corrected chi connectivity index (χ4v) is 1.24. The van der Waals surface area contributed by atoms with Gasteiger partial charge >= 0.3 is 0 Å². The summed E-state index contributed by atoms with van der Waals surface area (Å²) in [7, 11) is 0. The van der Waals surface area contributed by atoms with Crippen molar-refractivity contribution >= 4 is 40.3 Å². The first-order valence-electron chi connectivity index (χ1n) is 5.24. The molecular weight excluding hydrogens is 266 g/mol. The number of hydrogen-bond donors (Lipinski definition) is 5. The van der Waals surface area contributed by atoms with Crippen molar-refractivity contribution in [1.82, 2.24) is 21.6 Å². The fourth-order valence-electron chi connectivity index (χ4n) is 1.00. The molecule has 0 fully saturated rings. The highest BCUT2D eigenvalue weighted by molar-refractivity contribution is 7.80. The van der Waals surface area contributed by atoms with Gasteiger partial charge in [0.05, 0.1) is 5.69 Å². The summed E-state index contributed by atoms with van der Waals surface area (Å²) in [5.41, 5.74) is 12.1. The van der Waals surface area contributed by atoms with Crippen LogP contribution < -0.4 is 27.0 Å². The van der Waals surface area contributed by atoms with E-state index in [4.69, 9.17) is 24.4 Å². The molecule has 0 saturated heterocycles. The summed E-state index contributed by atoms with van der Waals surface area (Å²) in [6, 6.07) is 9.62. The maximum Gasteiger partial charge on any atom is 0.204 e. The van der Waals surface area contributed by atoms with Gasteiger partial charge in [-0.25, -0.2) is 0 Å². The number of para-hydroxylation sites is 1. The molecule has 0 heterocycles. The molecule has 0 spiro atoms. The summed E-state index contributed by atoms with van der Waals surface area (Å²) in [6.45, 7) is 4.17. The van der Waals surface area contributed by atoms with Gasteiger partial charge in [-0.1, -0.05) is 24.3 Å².